The predicted molar refractivity (Wildman–Crippen MR) is 67.9 cm³/mol. The maximum absolute atomic E-state index is 13.1. The van der Waals surface area contributed by atoms with E-state index in [1.165, 1.54) is 12.1 Å². The molecule has 0 N–H and O–H groups in total. The fourth-order valence-electron chi connectivity index (χ4n) is 1.87. The van der Waals surface area contributed by atoms with Gasteiger partial charge in [0.25, 0.3) is 0 Å². The lowest BCUT2D eigenvalue weighted by Gasteiger charge is -1.94. The zero-order valence-corrected chi connectivity index (χ0v) is 10.3. The Balaban J connectivity index is 2.35. The van der Waals surface area contributed by atoms with E-state index in [2.05, 4.69) is 11.8 Å². The van der Waals surface area contributed by atoms with Crippen molar-refractivity contribution in [1.29, 1.82) is 0 Å². The minimum atomic E-state index is -0.331. The molecule has 1 aromatic heterocycles. The number of ketones is 1. The molecule has 0 fully saturated rings. The topological polar surface area (TPSA) is 30.2 Å². The molecule has 0 unspecified atom stereocenters. The van der Waals surface area contributed by atoms with Crippen molar-refractivity contribution in [1.82, 2.24) is 0 Å². The lowest BCUT2D eigenvalue weighted by molar-refractivity contribution is 0.0959. The van der Waals surface area contributed by atoms with Gasteiger partial charge in [-0.3, -0.25) is 4.79 Å². The Morgan fingerprint density at radius 2 is 2.22 bits per heavy atom. The van der Waals surface area contributed by atoms with Gasteiger partial charge in [0.15, 0.2) is 11.5 Å². The zero-order valence-electron chi connectivity index (χ0n) is 10.3. The van der Waals surface area contributed by atoms with E-state index in [1.54, 1.807) is 19.9 Å². The first-order valence-electron chi connectivity index (χ1n) is 5.75. The number of aryl methyl sites for hydroxylation is 1. The standard InChI is InChI=1S/C15H13FO2/c1-3-4-5-6-13(17)15-10(2)12-9-11(16)7-8-14(12)18-15/h7-9H,5-6H2,1-2H3. The fraction of sp³-hybridized carbons (Fsp3) is 0.267. The fourth-order valence-corrected chi connectivity index (χ4v) is 1.87. The molecule has 92 valence electrons. The Labute approximate surface area is 105 Å². The van der Waals surface area contributed by atoms with E-state index in [9.17, 15) is 9.18 Å². The predicted octanol–water partition coefficient (Wildman–Crippen LogP) is 3.87. The lowest BCUT2D eigenvalue weighted by atomic mass is 10.1. The maximum atomic E-state index is 13.1. The summed E-state index contributed by atoms with van der Waals surface area (Å²) in [5.74, 6) is 5.47. The van der Waals surface area contributed by atoms with Gasteiger partial charge in [0.2, 0.25) is 0 Å². The van der Waals surface area contributed by atoms with Crippen LogP contribution < -0.4 is 0 Å². The normalized spacial score (nSPS) is 10.2. The second-order valence-electron chi connectivity index (χ2n) is 4.05. The Morgan fingerprint density at radius 3 is 2.94 bits per heavy atom. The number of carbonyl (C=O) groups is 1. The van der Waals surface area contributed by atoms with E-state index in [0.717, 1.165) is 0 Å². The average molecular weight is 244 g/mol. The number of fused-ring (bicyclic) bond motifs is 1. The first-order chi connectivity index (χ1) is 8.63. The highest BCUT2D eigenvalue weighted by Crippen LogP contribution is 2.26. The van der Waals surface area contributed by atoms with Crippen molar-refractivity contribution in [3.8, 4) is 11.8 Å². The van der Waals surface area contributed by atoms with Crippen LogP contribution in [0.15, 0.2) is 22.6 Å². The van der Waals surface area contributed by atoms with Crippen molar-refractivity contribution in [2.24, 2.45) is 0 Å². The number of Topliss-reactive ketones (excluding diaryl/α,β-unsaturated/α-hetero) is 1. The second-order valence-corrected chi connectivity index (χ2v) is 4.05. The molecule has 0 radical (unpaired) electrons. The number of rotatable bonds is 3. The van der Waals surface area contributed by atoms with Crippen LogP contribution in [0.5, 0.6) is 0 Å². The van der Waals surface area contributed by atoms with Crippen molar-refractivity contribution in [3.05, 3.63) is 35.3 Å². The summed E-state index contributed by atoms with van der Waals surface area (Å²) in [6.45, 7) is 3.50. The van der Waals surface area contributed by atoms with Gasteiger partial charge in [-0.15, -0.1) is 11.8 Å². The van der Waals surface area contributed by atoms with Gasteiger partial charge >= 0.3 is 0 Å². The zero-order chi connectivity index (χ0) is 13.1. The van der Waals surface area contributed by atoms with Crippen LogP contribution >= 0.6 is 0 Å². The summed E-state index contributed by atoms with van der Waals surface area (Å²) in [7, 11) is 0. The molecule has 0 aliphatic heterocycles. The summed E-state index contributed by atoms with van der Waals surface area (Å²) in [6.07, 6.45) is 0.837. The van der Waals surface area contributed by atoms with E-state index in [-0.39, 0.29) is 11.6 Å². The largest absolute Gasteiger partial charge is 0.453 e. The van der Waals surface area contributed by atoms with Gasteiger partial charge in [0, 0.05) is 23.8 Å². The molecule has 0 bridgehead atoms. The van der Waals surface area contributed by atoms with Crippen molar-refractivity contribution in [2.45, 2.75) is 26.7 Å². The van der Waals surface area contributed by atoms with E-state index in [1.807, 2.05) is 0 Å². The van der Waals surface area contributed by atoms with Gasteiger partial charge in [-0.2, -0.15) is 0 Å². The molecule has 2 nitrogen and oxygen atoms in total. The number of halogens is 1. The smallest absolute Gasteiger partial charge is 0.199 e. The molecule has 0 atom stereocenters. The molecule has 2 aromatic rings. The van der Waals surface area contributed by atoms with Crippen molar-refractivity contribution >= 4 is 16.8 Å². The summed E-state index contributed by atoms with van der Waals surface area (Å²) < 4.78 is 18.6. The second kappa shape index (κ2) is 5.05. The Morgan fingerprint density at radius 1 is 1.44 bits per heavy atom. The van der Waals surface area contributed by atoms with Crippen LogP contribution in [0, 0.1) is 24.6 Å². The summed E-state index contributed by atoms with van der Waals surface area (Å²) in [6, 6.07) is 4.25. The monoisotopic (exact) mass is 244 g/mol. The number of hydrogen-bond donors (Lipinski definition) is 0. The minimum absolute atomic E-state index is 0.0909. The van der Waals surface area contributed by atoms with E-state index < -0.39 is 0 Å². The Bertz CT molecular complexity index is 656. The molecular weight excluding hydrogens is 231 g/mol. The summed E-state index contributed by atoms with van der Waals surface area (Å²) >= 11 is 0. The quantitative estimate of drug-likeness (QED) is 0.606. The molecule has 0 saturated heterocycles. The molecule has 18 heavy (non-hydrogen) atoms. The van der Waals surface area contributed by atoms with Gasteiger partial charge in [-0.1, -0.05) is 0 Å². The van der Waals surface area contributed by atoms with Crippen LogP contribution in [-0.2, 0) is 0 Å². The SMILES string of the molecule is CC#CCCC(=O)c1oc2ccc(F)cc2c1C. The number of carbonyl (C=O) groups excluding carboxylic acids is 1. The average Bonchev–Trinajstić information content (AvgIpc) is 2.67. The maximum Gasteiger partial charge on any atom is 0.199 e. The van der Waals surface area contributed by atoms with Crippen LogP contribution in [0.1, 0.15) is 35.9 Å². The van der Waals surface area contributed by atoms with Gasteiger partial charge in [0.1, 0.15) is 11.4 Å². The van der Waals surface area contributed by atoms with Crippen LogP contribution in [0.3, 0.4) is 0 Å². The first-order valence-corrected chi connectivity index (χ1v) is 5.75. The van der Waals surface area contributed by atoms with Crippen LogP contribution in [0.2, 0.25) is 0 Å². The highest BCUT2D eigenvalue weighted by molar-refractivity contribution is 6.00. The molecular formula is C15H13FO2. The summed E-state index contributed by atoms with van der Waals surface area (Å²) in [5.41, 5.74) is 1.23. The van der Waals surface area contributed by atoms with Crippen LogP contribution in [0.4, 0.5) is 4.39 Å². The summed E-state index contributed by atoms with van der Waals surface area (Å²) in [5, 5.41) is 0.653. The lowest BCUT2D eigenvalue weighted by Crippen LogP contribution is -1.98. The number of furan rings is 1. The Hall–Kier alpha value is -2.08. The molecule has 1 aromatic carbocycles. The van der Waals surface area contributed by atoms with Gasteiger partial charge < -0.3 is 4.42 Å². The minimum Gasteiger partial charge on any atom is -0.453 e. The van der Waals surface area contributed by atoms with E-state index in [4.69, 9.17) is 4.42 Å². The van der Waals surface area contributed by atoms with Crippen molar-refractivity contribution in [3.63, 3.8) is 0 Å². The van der Waals surface area contributed by atoms with Gasteiger partial charge in [-0.05, 0) is 32.0 Å². The van der Waals surface area contributed by atoms with Gasteiger partial charge in [0.05, 0.1) is 0 Å². The highest BCUT2D eigenvalue weighted by atomic mass is 19.1. The molecule has 0 spiro atoms. The highest BCUT2D eigenvalue weighted by Gasteiger charge is 2.17. The first kappa shape index (κ1) is 12.4. The van der Waals surface area contributed by atoms with Crippen LogP contribution in [-0.4, -0.2) is 5.78 Å². The third-order valence-corrected chi connectivity index (χ3v) is 2.81. The van der Waals surface area contributed by atoms with E-state index in [0.29, 0.717) is 35.1 Å². The molecule has 0 aliphatic rings. The summed E-state index contributed by atoms with van der Waals surface area (Å²) in [4.78, 5) is 11.9. The molecule has 0 aliphatic carbocycles. The molecule has 0 amide bonds. The molecule has 0 saturated carbocycles. The number of hydrogen-bond acceptors (Lipinski definition) is 2. The van der Waals surface area contributed by atoms with E-state index >= 15 is 0 Å². The van der Waals surface area contributed by atoms with Gasteiger partial charge in [-0.25, -0.2) is 4.39 Å². The van der Waals surface area contributed by atoms with Crippen LogP contribution in [0.25, 0.3) is 11.0 Å². The third kappa shape index (κ3) is 2.28. The molecule has 2 rings (SSSR count). The molecule has 3 heteroatoms. The van der Waals surface area contributed by atoms with Crippen molar-refractivity contribution in [2.75, 3.05) is 0 Å². The molecule has 1 heterocycles. The third-order valence-electron chi connectivity index (χ3n) is 2.81. The van der Waals surface area contributed by atoms with Crippen molar-refractivity contribution < 1.29 is 13.6 Å². The Kier molecular flexibility index (Phi) is 3.47. The number of benzene rings is 1.